The molecule has 0 bridgehead atoms. The summed E-state index contributed by atoms with van der Waals surface area (Å²) in [5.41, 5.74) is 0.265. The zero-order valence-electron chi connectivity index (χ0n) is 13.6. The quantitative estimate of drug-likeness (QED) is 0.647. The van der Waals surface area contributed by atoms with E-state index in [-0.39, 0.29) is 5.78 Å². The van der Waals surface area contributed by atoms with Crippen LogP contribution < -0.4 is 10.6 Å². The number of benzene rings is 2. The van der Waals surface area contributed by atoms with E-state index < -0.39 is 23.0 Å². The van der Waals surface area contributed by atoms with Gasteiger partial charge in [0.1, 0.15) is 11.2 Å². The molecule has 0 radical (unpaired) electrons. The second kappa shape index (κ2) is 6.47. The maximum Gasteiger partial charge on any atom is 0.240 e. The van der Waals surface area contributed by atoms with E-state index in [0.717, 1.165) is 0 Å². The number of anilines is 2. The van der Waals surface area contributed by atoms with Gasteiger partial charge < -0.3 is 10.6 Å². The van der Waals surface area contributed by atoms with Crippen LogP contribution >= 0.6 is 0 Å². The Morgan fingerprint density at radius 1 is 0.920 bits per heavy atom. The Hall–Kier alpha value is -3.02. The second-order valence-electron chi connectivity index (χ2n) is 6.13. The minimum atomic E-state index is -1.12. The number of amides is 2. The van der Waals surface area contributed by atoms with Gasteiger partial charge in [-0.25, -0.2) is 4.39 Å². The molecule has 1 fully saturated rings. The van der Waals surface area contributed by atoms with Crippen molar-refractivity contribution >= 4 is 29.0 Å². The minimum Gasteiger partial charge on any atom is -0.325 e. The van der Waals surface area contributed by atoms with Crippen LogP contribution in [-0.2, 0) is 9.59 Å². The van der Waals surface area contributed by atoms with Crippen LogP contribution in [0.15, 0.2) is 48.5 Å². The number of carbonyl (C=O) groups excluding carboxylic acids is 3. The van der Waals surface area contributed by atoms with Crippen molar-refractivity contribution in [2.45, 2.75) is 19.8 Å². The van der Waals surface area contributed by atoms with Gasteiger partial charge >= 0.3 is 0 Å². The zero-order valence-corrected chi connectivity index (χ0v) is 13.6. The molecule has 0 aliphatic heterocycles. The highest BCUT2D eigenvalue weighted by atomic mass is 19.1. The number of rotatable bonds is 5. The number of Topliss-reactive ketones (excluding diaryl/α,β-unsaturated/α-hetero) is 1. The third-order valence-electron chi connectivity index (χ3n) is 4.25. The number of nitrogens with one attached hydrogen (secondary N) is 2. The third kappa shape index (κ3) is 3.57. The molecule has 128 valence electrons. The maximum atomic E-state index is 12.9. The highest BCUT2D eigenvalue weighted by Gasteiger charge is 2.56. The van der Waals surface area contributed by atoms with Gasteiger partial charge in [-0.05, 0) is 56.2 Å². The second-order valence-corrected chi connectivity index (χ2v) is 6.13. The van der Waals surface area contributed by atoms with Gasteiger partial charge in [-0.1, -0.05) is 12.1 Å². The molecule has 5 nitrogen and oxygen atoms in total. The Bertz CT molecular complexity index is 842. The van der Waals surface area contributed by atoms with Crippen molar-refractivity contribution in [3.8, 4) is 0 Å². The van der Waals surface area contributed by atoms with Crippen LogP contribution in [0, 0.1) is 11.2 Å². The van der Waals surface area contributed by atoms with Crippen LogP contribution in [0.5, 0.6) is 0 Å². The molecule has 0 saturated heterocycles. The zero-order chi connectivity index (χ0) is 18.0. The number of hydrogen-bond donors (Lipinski definition) is 2. The number of hydrogen-bond acceptors (Lipinski definition) is 3. The van der Waals surface area contributed by atoms with E-state index in [4.69, 9.17) is 0 Å². The first-order valence-corrected chi connectivity index (χ1v) is 7.90. The Morgan fingerprint density at radius 2 is 1.52 bits per heavy atom. The lowest BCUT2D eigenvalue weighted by molar-refractivity contribution is -0.131. The Labute approximate surface area is 144 Å². The predicted molar refractivity (Wildman–Crippen MR) is 91.8 cm³/mol. The fourth-order valence-electron chi connectivity index (χ4n) is 2.53. The summed E-state index contributed by atoms with van der Waals surface area (Å²) >= 11 is 0. The van der Waals surface area contributed by atoms with E-state index in [1.54, 1.807) is 24.3 Å². The SMILES string of the molecule is CC(=O)c1cccc(NC(=O)C2(C(=O)Nc3ccc(F)cc3)CC2)c1. The molecule has 0 heterocycles. The molecule has 0 unspecified atom stereocenters. The first-order valence-electron chi connectivity index (χ1n) is 7.90. The molecule has 0 spiro atoms. The highest BCUT2D eigenvalue weighted by Crippen LogP contribution is 2.47. The van der Waals surface area contributed by atoms with Crippen molar-refractivity contribution in [3.05, 3.63) is 59.9 Å². The van der Waals surface area contributed by atoms with Crippen LogP contribution in [-0.4, -0.2) is 17.6 Å². The van der Waals surface area contributed by atoms with Crippen molar-refractivity contribution in [1.29, 1.82) is 0 Å². The van der Waals surface area contributed by atoms with Gasteiger partial charge in [0.25, 0.3) is 0 Å². The summed E-state index contributed by atoms with van der Waals surface area (Å²) < 4.78 is 12.9. The fourth-order valence-corrected chi connectivity index (χ4v) is 2.53. The van der Waals surface area contributed by atoms with Gasteiger partial charge in [-0.15, -0.1) is 0 Å². The topological polar surface area (TPSA) is 75.3 Å². The lowest BCUT2D eigenvalue weighted by Gasteiger charge is -2.15. The maximum absolute atomic E-state index is 12.9. The van der Waals surface area contributed by atoms with E-state index in [0.29, 0.717) is 29.8 Å². The highest BCUT2D eigenvalue weighted by molar-refractivity contribution is 6.17. The van der Waals surface area contributed by atoms with Crippen LogP contribution in [0.4, 0.5) is 15.8 Å². The molecular formula is C19H17FN2O3. The van der Waals surface area contributed by atoms with Crippen LogP contribution in [0.25, 0.3) is 0 Å². The van der Waals surface area contributed by atoms with Crippen LogP contribution in [0.3, 0.4) is 0 Å². The van der Waals surface area contributed by atoms with Gasteiger partial charge in [-0.3, -0.25) is 14.4 Å². The summed E-state index contributed by atoms with van der Waals surface area (Å²) in [5.74, 6) is -1.33. The average Bonchev–Trinajstić information content (AvgIpc) is 3.39. The molecule has 0 atom stereocenters. The molecule has 2 amide bonds. The van der Waals surface area contributed by atoms with E-state index >= 15 is 0 Å². The summed E-state index contributed by atoms with van der Waals surface area (Å²) in [5, 5.41) is 5.35. The Morgan fingerprint density at radius 3 is 2.08 bits per heavy atom. The number of carbonyl (C=O) groups is 3. The predicted octanol–water partition coefficient (Wildman–Crippen LogP) is 3.39. The van der Waals surface area contributed by atoms with Crippen LogP contribution in [0.2, 0.25) is 0 Å². The van der Waals surface area contributed by atoms with Crippen molar-refractivity contribution in [1.82, 2.24) is 0 Å². The lowest BCUT2D eigenvalue weighted by Crippen LogP contribution is -2.35. The van der Waals surface area contributed by atoms with Crippen molar-refractivity contribution in [2.75, 3.05) is 10.6 Å². The van der Waals surface area contributed by atoms with E-state index in [9.17, 15) is 18.8 Å². The molecule has 2 aromatic rings. The fraction of sp³-hybridized carbons (Fsp3) is 0.211. The van der Waals surface area contributed by atoms with Gasteiger partial charge in [-0.2, -0.15) is 0 Å². The molecular weight excluding hydrogens is 323 g/mol. The molecule has 3 rings (SSSR count). The van der Waals surface area contributed by atoms with Crippen molar-refractivity contribution in [3.63, 3.8) is 0 Å². The normalized spacial score (nSPS) is 14.5. The number of ketones is 1. The van der Waals surface area contributed by atoms with E-state index in [2.05, 4.69) is 10.6 Å². The molecule has 1 aliphatic carbocycles. The smallest absolute Gasteiger partial charge is 0.240 e. The first kappa shape index (κ1) is 16.8. The molecule has 6 heteroatoms. The summed E-state index contributed by atoms with van der Waals surface area (Å²) in [6, 6.07) is 11.9. The van der Waals surface area contributed by atoms with Gasteiger partial charge in [0, 0.05) is 16.9 Å². The summed E-state index contributed by atoms with van der Waals surface area (Å²) in [6.07, 6.45) is 0.885. The van der Waals surface area contributed by atoms with E-state index in [1.807, 2.05) is 0 Å². The Kier molecular flexibility index (Phi) is 4.35. The molecule has 2 N–H and O–H groups in total. The summed E-state index contributed by atoms with van der Waals surface area (Å²) in [4.78, 5) is 36.4. The standard InChI is InChI=1S/C19H17FN2O3/c1-12(23)13-3-2-4-16(11-13)22-18(25)19(9-10-19)17(24)21-15-7-5-14(20)6-8-15/h2-8,11H,9-10H2,1H3,(H,21,24)(H,22,25). The summed E-state index contributed by atoms with van der Waals surface area (Å²) in [6.45, 7) is 1.44. The largest absolute Gasteiger partial charge is 0.325 e. The molecule has 0 aromatic heterocycles. The van der Waals surface area contributed by atoms with Gasteiger partial charge in [0.2, 0.25) is 11.8 Å². The van der Waals surface area contributed by atoms with Crippen molar-refractivity contribution < 1.29 is 18.8 Å². The van der Waals surface area contributed by atoms with Gasteiger partial charge in [0.05, 0.1) is 0 Å². The summed E-state index contributed by atoms with van der Waals surface area (Å²) in [7, 11) is 0. The van der Waals surface area contributed by atoms with E-state index in [1.165, 1.54) is 31.2 Å². The van der Waals surface area contributed by atoms with Gasteiger partial charge in [0.15, 0.2) is 5.78 Å². The molecule has 1 saturated carbocycles. The third-order valence-corrected chi connectivity index (χ3v) is 4.25. The number of halogens is 1. The average molecular weight is 340 g/mol. The monoisotopic (exact) mass is 340 g/mol. The molecule has 25 heavy (non-hydrogen) atoms. The Balaban J connectivity index is 1.70. The lowest BCUT2D eigenvalue weighted by atomic mass is 10.0. The van der Waals surface area contributed by atoms with Crippen molar-refractivity contribution in [2.24, 2.45) is 5.41 Å². The first-order chi connectivity index (χ1) is 11.9. The minimum absolute atomic E-state index is 0.105. The molecule has 2 aromatic carbocycles. The molecule has 1 aliphatic rings. The van der Waals surface area contributed by atoms with Crippen LogP contribution in [0.1, 0.15) is 30.1 Å².